The Morgan fingerprint density at radius 2 is 2.00 bits per heavy atom. The predicted octanol–water partition coefficient (Wildman–Crippen LogP) is 3.49. The number of nitrogens with one attached hydrogen (secondary N) is 1. The van der Waals surface area contributed by atoms with Gasteiger partial charge in [0, 0.05) is 28.5 Å². The van der Waals surface area contributed by atoms with Crippen molar-refractivity contribution in [2.24, 2.45) is 0 Å². The summed E-state index contributed by atoms with van der Waals surface area (Å²) in [4.78, 5) is 17.9. The third-order valence-electron chi connectivity index (χ3n) is 3.94. The lowest BCUT2D eigenvalue weighted by molar-refractivity contribution is -0.0587. The summed E-state index contributed by atoms with van der Waals surface area (Å²) in [7, 11) is 0. The molecule has 5 heteroatoms. The first-order chi connectivity index (χ1) is 9.95. The molecule has 1 fully saturated rings. The van der Waals surface area contributed by atoms with Gasteiger partial charge in [-0.15, -0.1) is 0 Å². The van der Waals surface area contributed by atoms with Crippen LogP contribution >= 0.6 is 15.9 Å². The van der Waals surface area contributed by atoms with Gasteiger partial charge in [0.05, 0.1) is 12.2 Å². The van der Waals surface area contributed by atoms with Gasteiger partial charge >= 0.3 is 0 Å². The van der Waals surface area contributed by atoms with Gasteiger partial charge in [-0.3, -0.25) is 4.79 Å². The minimum Gasteiger partial charge on any atom is -0.372 e. The number of halogens is 1. The summed E-state index contributed by atoms with van der Waals surface area (Å²) >= 11 is 3.48. The summed E-state index contributed by atoms with van der Waals surface area (Å²) in [6.45, 7) is 7.28. The number of rotatable bonds is 1. The first-order valence-corrected chi connectivity index (χ1v) is 7.97. The molecule has 0 bridgehead atoms. The zero-order valence-corrected chi connectivity index (χ0v) is 14.0. The Balaban J connectivity index is 1.96. The number of hydrogen-bond acceptors (Lipinski definition) is 2. The van der Waals surface area contributed by atoms with Crippen molar-refractivity contribution in [2.45, 2.75) is 33.0 Å². The molecule has 1 aliphatic heterocycles. The van der Waals surface area contributed by atoms with Crippen LogP contribution in [0.3, 0.4) is 0 Å². The van der Waals surface area contributed by atoms with E-state index in [0.29, 0.717) is 18.8 Å². The lowest BCUT2D eigenvalue weighted by Gasteiger charge is -2.35. The van der Waals surface area contributed by atoms with Crippen LogP contribution in [-0.4, -0.2) is 41.1 Å². The van der Waals surface area contributed by atoms with Crippen LogP contribution in [0, 0.1) is 6.92 Å². The number of morpholine rings is 1. The molecule has 0 unspecified atom stereocenters. The van der Waals surface area contributed by atoms with E-state index in [2.05, 4.69) is 20.9 Å². The molecular formula is C16H19BrN2O2. The van der Waals surface area contributed by atoms with Crippen LogP contribution in [-0.2, 0) is 4.74 Å². The number of ether oxygens (including phenoxy) is 1. The molecule has 0 spiro atoms. The van der Waals surface area contributed by atoms with Crippen molar-refractivity contribution in [1.29, 1.82) is 0 Å². The lowest BCUT2D eigenvalue weighted by Crippen LogP contribution is -2.48. The Morgan fingerprint density at radius 1 is 1.33 bits per heavy atom. The molecule has 3 rings (SSSR count). The molecule has 0 radical (unpaired) electrons. The summed E-state index contributed by atoms with van der Waals surface area (Å²) in [5.41, 5.74) is 2.68. The summed E-state index contributed by atoms with van der Waals surface area (Å²) in [5.74, 6) is 0.0572. The van der Waals surface area contributed by atoms with Crippen LogP contribution in [0.1, 0.15) is 29.9 Å². The Labute approximate surface area is 132 Å². The second-order valence-corrected chi connectivity index (χ2v) is 6.70. The van der Waals surface area contributed by atoms with Crippen molar-refractivity contribution in [2.75, 3.05) is 13.1 Å². The van der Waals surface area contributed by atoms with Gasteiger partial charge in [0.25, 0.3) is 5.91 Å². The van der Waals surface area contributed by atoms with E-state index in [9.17, 15) is 4.79 Å². The smallest absolute Gasteiger partial charge is 0.270 e. The third-order valence-corrected chi connectivity index (χ3v) is 4.43. The maximum absolute atomic E-state index is 12.8. The molecular weight excluding hydrogens is 332 g/mol. The van der Waals surface area contributed by atoms with Gasteiger partial charge in [-0.25, -0.2) is 0 Å². The molecule has 2 atom stereocenters. The number of aromatic amines is 1. The summed E-state index contributed by atoms with van der Waals surface area (Å²) in [5, 5.41) is 1.09. The van der Waals surface area contributed by atoms with Crippen molar-refractivity contribution >= 4 is 32.7 Å². The van der Waals surface area contributed by atoms with E-state index < -0.39 is 0 Å². The topological polar surface area (TPSA) is 45.3 Å². The van der Waals surface area contributed by atoms with E-state index in [4.69, 9.17) is 4.74 Å². The highest BCUT2D eigenvalue weighted by atomic mass is 79.9. The Kier molecular flexibility index (Phi) is 3.80. The van der Waals surface area contributed by atoms with Crippen molar-refractivity contribution in [3.05, 3.63) is 33.9 Å². The largest absolute Gasteiger partial charge is 0.372 e. The number of nitrogens with zero attached hydrogens (tertiary/aromatic N) is 1. The van der Waals surface area contributed by atoms with Crippen LogP contribution < -0.4 is 0 Å². The average Bonchev–Trinajstić information content (AvgIpc) is 2.74. The Morgan fingerprint density at radius 3 is 2.67 bits per heavy atom. The van der Waals surface area contributed by atoms with Crippen molar-refractivity contribution in [1.82, 2.24) is 9.88 Å². The highest BCUT2D eigenvalue weighted by Gasteiger charge is 2.28. The van der Waals surface area contributed by atoms with Crippen LogP contribution in [0.5, 0.6) is 0 Å². The average molecular weight is 351 g/mol. The lowest BCUT2D eigenvalue weighted by atomic mass is 10.1. The molecule has 4 nitrogen and oxygen atoms in total. The summed E-state index contributed by atoms with van der Waals surface area (Å²) in [6.07, 6.45) is 0.160. The Bertz CT molecular complexity index is 685. The SMILES string of the molecule is Cc1c(C(=O)N2C[C@@H](C)O[C@H](C)C2)[nH]c2ccc(Br)cc12. The van der Waals surface area contributed by atoms with Crippen molar-refractivity contribution < 1.29 is 9.53 Å². The number of benzene rings is 1. The molecule has 1 aromatic heterocycles. The van der Waals surface area contributed by atoms with Gasteiger partial charge in [0.1, 0.15) is 5.69 Å². The predicted molar refractivity (Wildman–Crippen MR) is 86.6 cm³/mol. The molecule has 1 amide bonds. The van der Waals surface area contributed by atoms with Crippen LogP contribution in [0.4, 0.5) is 0 Å². The number of carbonyl (C=O) groups excluding carboxylic acids is 1. The minimum atomic E-state index is 0.0572. The van der Waals surface area contributed by atoms with Crippen LogP contribution in [0.25, 0.3) is 10.9 Å². The zero-order valence-electron chi connectivity index (χ0n) is 12.4. The normalized spacial score (nSPS) is 22.8. The number of fused-ring (bicyclic) bond motifs is 1. The number of hydrogen-bond donors (Lipinski definition) is 1. The van der Waals surface area contributed by atoms with Gasteiger partial charge in [-0.05, 0) is 44.5 Å². The maximum Gasteiger partial charge on any atom is 0.270 e. The molecule has 0 saturated carbocycles. The maximum atomic E-state index is 12.8. The minimum absolute atomic E-state index is 0.0572. The molecule has 2 aromatic rings. The van der Waals surface area contributed by atoms with E-state index >= 15 is 0 Å². The molecule has 1 saturated heterocycles. The van der Waals surface area contributed by atoms with E-state index in [1.807, 2.05) is 43.9 Å². The van der Waals surface area contributed by atoms with Gasteiger partial charge in [0.15, 0.2) is 0 Å². The number of amides is 1. The quantitative estimate of drug-likeness (QED) is 0.855. The van der Waals surface area contributed by atoms with Crippen molar-refractivity contribution in [3.8, 4) is 0 Å². The summed E-state index contributed by atoms with van der Waals surface area (Å²) < 4.78 is 6.72. The highest BCUT2D eigenvalue weighted by molar-refractivity contribution is 9.10. The molecule has 1 N–H and O–H groups in total. The molecule has 1 aliphatic rings. The number of H-pyrrole nitrogens is 1. The zero-order chi connectivity index (χ0) is 15.1. The highest BCUT2D eigenvalue weighted by Crippen LogP contribution is 2.26. The second kappa shape index (κ2) is 5.46. The van der Waals surface area contributed by atoms with Gasteiger partial charge < -0.3 is 14.6 Å². The second-order valence-electron chi connectivity index (χ2n) is 5.78. The first kappa shape index (κ1) is 14.6. The van der Waals surface area contributed by atoms with Crippen LogP contribution in [0.2, 0.25) is 0 Å². The third kappa shape index (κ3) is 2.72. The number of aryl methyl sites for hydroxylation is 1. The van der Waals surface area contributed by atoms with Gasteiger partial charge in [0.2, 0.25) is 0 Å². The molecule has 2 heterocycles. The fourth-order valence-electron chi connectivity index (χ4n) is 3.01. The molecule has 1 aromatic carbocycles. The monoisotopic (exact) mass is 350 g/mol. The van der Waals surface area contributed by atoms with E-state index in [1.54, 1.807) is 0 Å². The summed E-state index contributed by atoms with van der Waals surface area (Å²) in [6, 6.07) is 6.02. The fourth-order valence-corrected chi connectivity index (χ4v) is 3.38. The fraction of sp³-hybridized carbons (Fsp3) is 0.438. The van der Waals surface area contributed by atoms with E-state index in [1.165, 1.54) is 0 Å². The Hall–Kier alpha value is -1.33. The number of aromatic nitrogens is 1. The van der Waals surface area contributed by atoms with E-state index in [0.717, 1.165) is 20.9 Å². The van der Waals surface area contributed by atoms with Gasteiger partial charge in [-0.1, -0.05) is 15.9 Å². The molecule has 0 aliphatic carbocycles. The van der Waals surface area contributed by atoms with Crippen LogP contribution in [0.15, 0.2) is 22.7 Å². The van der Waals surface area contributed by atoms with Crippen molar-refractivity contribution in [3.63, 3.8) is 0 Å². The first-order valence-electron chi connectivity index (χ1n) is 7.18. The van der Waals surface area contributed by atoms with E-state index in [-0.39, 0.29) is 18.1 Å². The standard InChI is InChI=1S/C16H19BrN2O2/c1-9-7-19(8-10(2)21-9)16(20)15-11(3)13-6-12(17)4-5-14(13)18-15/h4-6,9-10,18H,7-8H2,1-3H3/t9-,10-/m1/s1. The molecule has 21 heavy (non-hydrogen) atoms. The molecule has 112 valence electrons. The number of carbonyl (C=O) groups is 1. The van der Waals surface area contributed by atoms with Gasteiger partial charge in [-0.2, -0.15) is 0 Å².